The second-order valence-electron chi connectivity index (χ2n) is 7.33. The van der Waals surface area contributed by atoms with Crippen LogP contribution in [0.5, 0.6) is 0 Å². The van der Waals surface area contributed by atoms with Crippen molar-refractivity contribution in [3.63, 3.8) is 0 Å². The molecule has 2 atom stereocenters. The Kier molecular flexibility index (Phi) is 4.69. The van der Waals surface area contributed by atoms with E-state index in [2.05, 4.69) is 49.9 Å². The Hall–Kier alpha value is -1.71. The van der Waals surface area contributed by atoms with Gasteiger partial charge in [-0.25, -0.2) is 4.79 Å². The van der Waals surface area contributed by atoms with E-state index in [9.17, 15) is 4.79 Å². The van der Waals surface area contributed by atoms with Crippen LogP contribution < -0.4 is 4.90 Å². The number of hydrogen-bond acceptors (Lipinski definition) is 3. The molecule has 1 fully saturated rings. The summed E-state index contributed by atoms with van der Waals surface area (Å²) in [5.74, 6) is 0. The molecule has 4 nitrogen and oxygen atoms in total. The van der Waals surface area contributed by atoms with Crippen molar-refractivity contribution in [2.24, 2.45) is 0 Å². The average Bonchev–Trinajstić information content (AvgIpc) is 2.35. The van der Waals surface area contributed by atoms with Crippen molar-refractivity contribution in [1.82, 2.24) is 4.90 Å². The molecule has 0 saturated carbocycles. The van der Waals surface area contributed by atoms with Gasteiger partial charge in [0.05, 0.1) is 0 Å². The molecule has 0 spiro atoms. The highest BCUT2D eigenvalue weighted by molar-refractivity contribution is 5.69. The standard InChI is InChI=1S/C18H28N2O2/c1-13-8-7-9-16(10-13)20-14(2)11-19(12-15(20)3)17(21)22-18(4,5)6/h7-10,14-15H,11-12H2,1-6H3. The van der Waals surface area contributed by atoms with Crippen LogP contribution >= 0.6 is 0 Å². The molecule has 1 amide bonds. The molecule has 1 saturated heterocycles. The second kappa shape index (κ2) is 6.19. The second-order valence-corrected chi connectivity index (χ2v) is 7.33. The highest BCUT2D eigenvalue weighted by atomic mass is 16.6. The molecule has 1 aliphatic rings. The van der Waals surface area contributed by atoms with E-state index in [-0.39, 0.29) is 18.2 Å². The fraction of sp³-hybridized carbons (Fsp3) is 0.611. The Bertz CT molecular complexity index is 524. The first-order valence-electron chi connectivity index (χ1n) is 8.00. The van der Waals surface area contributed by atoms with Gasteiger partial charge in [0, 0.05) is 30.9 Å². The molecule has 0 N–H and O–H groups in total. The fourth-order valence-electron chi connectivity index (χ4n) is 3.10. The first-order chi connectivity index (χ1) is 10.2. The van der Waals surface area contributed by atoms with Crippen LogP contribution in [-0.2, 0) is 4.74 Å². The minimum Gasteiger partial charge on any atom is -0.444 e. The number of rotatable bonds is 1. The first kappa shape index (κ1) is 16.7. The normalized spacial score (nSPS) is 22.6. The lowest BCUT2D eigenvalue weighted by Gasteiger charge is -2.46. The molecule has 2 rings (SSSR count). The molecule has 1 heterocycles. The molecule has 1 aromatic rings. The third kappa shape index (κ3) is 3.93. The Morgan fingerprint density at radius 1 is 1.18 bits per heavy atom. The minimum absolute atomic E-state index is 0.213. The van der Waals surface area contributed by atoms with Crippen LogP contribution in [0.15, 0.2) is 24.3 Å². The largest absolute Gasteiger partial charge is 0.444 e. The van der Waals surface area contributed by atoms with Gasteiger partial charge in [-0.1, -0.05) is 12.1 Å². The molecule has 0 aliphatic carbocycles. The summed E-state index contributed by atoms with van der Waals surface area (Å²) in [6.45, 7) is 13.5. The van der Waals surface area contributed by atoms with Gasteiger partial charge >= 0.3 is 6.09 Å². The van der Waals surface area contributed by atoms with Crippen molar-refractivity contribution in [1.29, 1.82) is 0 Å². The maximum absolute atomic E-state index is 12.3. The molecular weight excluding hydrogens is 276 g/mol. The Balaban J connectivity index is 2.11. The highest BCUT2D eigenvalue weighted by Crippen LogP contribution is 2.26. The van der Waals surface area contributed by atoms with E-state index >= 15 is 0 Å². The molecule has 1 aliphatic heterocycles. The number of benzene rings is 1. The lowest BCUT2D eigenvalue weighted by molar-refractivity contribution is 0.0193. The zero-order valence-electron chi connectivity index (χ0n) is 14.6. The molecule has 0 aromatic heterocycles. The van der Waals surface area contributed by atoms with E-state index in [1.807, 2.05) is 25.7 Å². The van der Waals surface area contributed by atoms with Gasteiger partial charge in [-0.05, 0) is 59.2 Å². The number of anilines is 1. The number of carbonyl (C=O) groups is 1. The van der Waals surface area contributed by atoms with Gasteiger partial charge in [-0.15, -0.1) is 0 Å². The summed E-state index contributed by atoms with van der Waals surface area (Å²) in [7, 11) is 0. The zero-order valence-corrected chi connectivity index (χ0v) is 14.6. The summed E-state index contributed by atoms with van der Waals surface area (Å²) in [5, 5.41) is 0. The summed E-state index contributed by atoms with van der Waals surface area (Å²) in [5.41, 5.74) is 2.03. The summed E-state index contributed by atoms with van der Waals surface area (Å²) >= 11 is 0. The highest BCUT2D eigenvalue weighted by Gasteiger charge is 2.33. The van der Waals surface area contributed by atoms with Crippen LogP contribution in [0, 0.1) is 6.92 Å². The summed E-state index contributed by atoms with van der Waals surface area (Å²) in [4.78, 5) is 16.5. The van der Waals surface area contributed by atoms with Crippen LogP contribution in [-0.4, -0.2) is 41.8 Å². The smallest absolute Gasteiger partial charge is 0.410 e. The van der Waals surface area contributed by atoms with Crippen molar-refractivity contribution < 1.29 is 9.53 Å². The molecule has 22 heavy (non-hydrogen) atoms. The average molecular weight is 304 g/mol. The molecule has 1 aromatic carbocycles. The van der Waals surface area contributed by atoms with E-state index in [1.54, 1.807) is 0 Å². The predicted molar refractivity (Wildman–Crippen MR) is 90.4 cm³/mol. The topological polar surface area (TPSA) is 32.8 Å². The first-order valence-corrected chi connectivity index (χ1v) is 8.00. The molecule has 0 radical (unpaired) electrons. The lowest BCUT2D eigenvalue weighted by atomic mass is 10.1. The lowest BCUT2D eigenvalue weighted by Crippen LogP contribution is -2.58. The monoisotopic (exact) mass is 304 g/mol. The van der Waals surface area contributed by atoms with Gasteiger partial charge in [0.1, 0.15) is 5.60 Å². The van der Waals surface area contributed by atoms with Crippen molar-refractivity contribution in [2.75, 3.05) is 18.0 Å². The van der Waals surface area contributed by atoms with Gasteiger partial charge in [0.25, 0.3) is 0 Å². The number of ether oxygens (including phenoxy) is 1. The van der Waals surface area contributed by atoms with E-state index in [1.165, 1.54) is 11.3 Å². The molecule has 4 heteroatoms. The summed E-state index contributed by atoms with van der Waals surface area (Å²) in [6, 6.07) is 9.07. The Labute approximate surface area is 134 Å². The van der Waals surface area contributed by atoms with Gasteiger partial charge in [-0.2, -0.15) is 0 Å². The van der Waals surface area contributed by atoms with Crippen molar-refractivity contribution in [3.8, 4) is 0 Å². The quantitative estimate of drug-likeness (QED) is 0.790. The third-order valence-electron chi connectivity index (χ3n) is 3.87. The third-order valence-corrected chi connectivity index (χ3v) is 3.87. The van der Waals surface area contributed by atoms with E-state index in [0.29, 0.717) is 13.1 Å². The number of hydrogen-bond donors (Lipinski definition) is 0. The van der Waals surface area contributed by atoms with Crippen molar-refractivity contribution in [3.05, 3.63) is 29.8 Å². The van der Waals surface area contributed by atoms with Gasteiger partial charge in [0.2, 0.25) is 0 Å². The Morgan fingerprint density at radius 3 is 2.27 bits per heavy atom. The van der Waals surface area contributed by atoms with Gasteiger partial charge in [-0.3, -0.25) is 0 Å². The SMILES string of the molecule is Cc1cccc(N2C(C)CN(C(=O)OC(C)(C)C)CC2C)c1. The van der Waals surface area contributed by atoms with Gasteiger partial charge in [0.15, 0.2) is 0 Å². The van der Waals surface area contributed by atoms with Crippen molar-refractivity contribution in [2.45, 2.75) is 59.2 Å². The summed E-state index contributed by atoms with van der Waals surface area (Å²) < 4.78 is 5.50. The van der Waals surface area contributed by atoms with Crippen LogP contribution in [0.25, 0.3) is 0 Å². The fourth-order valence-corrected chi connectivity index (χ4v) is 3.10. The summed E-state index contributed by atoms with van der Waals surface area (Å²) in [6.07, 6.45) is -0.213. The maximum atomic E-state index is 12.3. The van der Waals surface area contributed by atoms with E-state index in [4.69, 9.17) is 4.74 Å². The van der Waals surface area contributed by atoms with E-state index in [0.717, 1.165) is 0 Å². The molecule has 0 bridgehead atoms. The number of amides is 1. The van der Waals surface area contributed by atoms with Crippen LogP contribution in [0.1, 0.15) is 40.2 Å². The number of nitrogens with zero attached hydrogens (tertiary/aromatic N) is 2. The number of carbonyl (C=O) groups excluding carboxylic acids is 1. The maximum Gasteiger partial charge on any atom is 0.410 e. The Morgan fingerprint density at radius 2 is 1.77 bits per heavy atom. The predicted octanol–water partition coefficient (Wildman–Crippen LogP) is 3.83. The molecule has 122 valence electrons. The number of piperazine rings is 1. The van der Waals surface area contributed by atoms with E-state index < -0.39 is 5.60 Å². The van der Waals surface area contributed by atoms with Crippen LogP contribution in [0.4, 0.5) is 10.5 Å². The minimum atomic E-state index is -0.447. The molecule has 2 unspecified atom stereocenters. The van der Waals surface area contributed by atoms with Crippen LogP contribution in [0.3, 0.4) is 0 Å². The van der Waals surface area contributed by atoms with Crippen molar-refractivity contribution >= 4 is 11.8 Å². The van der Waals surface area contributed by atoms with Crippen LogP contribution in [0.2, 0.25) is 0 Å². The van der Waals surface area contributed by atoms with Gasteiger partial charge < -0.3 is 14.5 Å². The molecular formula is C18H28N2O2. The number of aryl methyl sites for hydroxylation is 1. The zero-order chi connectivity index (χ0) is 16.5.